The van der Waals surface area contributed by atoms with Gasteiger partial charge in [-0.2, -0.15) is 0 Å². The quantitative estimate of drug-likeness (QED) is 0.108. The standard InChI is InChI=1S/C37H76NP.2C2H6/c1-13-19-30(7)27-34(11)39(36-23-16-17-24-36)33(10)22-18-21-29(6)25-26-38(32(9)20-14-2)35(12)37(28(4)5)31(8)15-3;2*1-2/h28-37H,13-27H2,1-12H3;2*1-2H3. The van der Waals surface area contributed by atoms with Crippen molar-refractivity contribution in [2.45, 2.75) is 230 Å². The Hall–Kier alpha value is 0.390. The van der Waals surface area contributed by atoms with E-state index < -0.39 is 0 Å². The Labute approximate surface area is 278 Å². The summed E-state index contributed by atoms with van der Waals surface area (Å²) in [5.74, 6) is 4.12. The van der Waals surface area contributed by atoms with Gasteiger partial charge in [-0.05, 0) is 105 Å². The van der Waals surface area contributed by atoms with Crippen LogP contribution in [0.25, 0.3) is 0 Å². The maximum Gasteiger partial charge on any atom is 0.0103 e. The van der Waals surface area contributed by atoms with Gasteiger partial charge in [0.15, 0.2) is 0 Å². The molecule has 0 heterocycles. The molecule has 43 heavy (non-hydrogen) atoms. The van der Waals surface area contributed by atoms with E-state index in [1.807, 2.05) is 27.7 Å². The van der Waals surface area contributed by atoms with Crippen LogP contribution in [-0.4, -0.2) is 40.5 Å². The number of nitrogens with zero attached hydrogens (tertiary/aromatic N) is 1. The second-order valence-corrected chi connectivity index (χ2v) is 18.2. The minimum absolute atomic E-state index is 0.172. The fraction of sp³-hybridized carbons (Fsp3) is 1.00. The smallest absolute Gasteiger partial charge is 0.0103 e. The van der Waals surface area contributed by atoms with Gasteiger partial charge in [0.25, 0.3) is 0 Å². The zero-order valence-corrected chi connectivity index (χ0v) is 34.2. The van der Waals surface area contributed by atoms with E-state index in [-0.39, 0.29) is 7.92 Å². The molecule has 0 saturated heterocycles. The molecule has 0 aromatic heterocycles. The summed E-state index contributed by atoms with van der Waals surface area (Å²) in [5.41, 5.74) is 3.00. The highest BCUT2D eigenvalue weighted by Crippen LogP contribution is 2.58. The Morgan fingerprint density at radius 1 is 0.651 bits per heavy atom. The molecule has 1 rings (SSSR count). The van der Waals surface area contributed by atoms with Gasteiger partial charge in [0.1, 0.15) is 0 Å². The van der Waals surface area contributed by atoms with Gasteiger partial charge >= 0.3 is 0 Å². The highest BCUT2D eigenvalue weighted by atomic mass is 31.1. The van der Waals surface area contributed by atoms with Gasteiger partial charge in [-0.3, -0.25) is 4.90 Å². The summed E-state index contributed by atoms with van der Waals surface area (Å²) in [6.07, 6.45) is 20.0. The van der Waals surface area contributed by atoms with Crippen LogP contribution in [0.15, 0.2) is 0 Å². The average Bonchev–Trinajstić information content (AvgIpc) is 3.49. The minimum Gasteiger partial charge on any atom is -0.298 e. The van der Waals surface area contributed by atoms with Crippen molar-refractivity contribution in [3.8, 4) is 0 Å². The normalized spacial score (nSPS) is 20.2. The van der Waals surface area contributed by atoms with Crippen molar-refractivity contribution < 1.29 is 0 Å². The van der Waals surface area contributed by atoms with Crippen molar-refractivity contribution >= 4 is 7.92 Å². The van der Waals surface area contributed by atoms with E-state index >= 15 is 0 Å². The van der Waals surface area contributed by atoms with E-state index in [1.165, 1.54) is 96.4 Å². The van der Waals surface area contributed by atoms with E-state index in [0.717, 1.165) is 46.6 Å². The molecule has 0 aromatic carbocycles. The van der Waals surface area contributed by atoms with Gasteiger partial charge in [-0.1, -0.05) is 156 Å². The zero-order chi connectivity index (χ0) is 33.5. The highest BCUT2D eigenvalue weighted by Gasteiger charge is 2.34. The Balaban J connectivity index is 0. The largest absolute Gasteiger partial charge is 0.298 e. The van der Waals surface area contributed by atoms with E-state index in [0.29, 0.717) is 12.1 Å². The van der Waals surface area contributed by atoms with E-state index in [1.54, 1.807) is 0 Å². The third-order valence-corrected chi connectivity index (χ3v) is 14.8. The van der Waals surface area contributed by atoms with Crippen LogP contribution in [0.2, 0.25) is 0 Å². The van der Waals surface area contributed by atoms with E-state index in [9.17, 15) is 0 Å². The third-order valence-electron chi connectivity index (χ3n) is 10.9. The van der Waals surface area contributed by atoms with Crippen molar-refractivity contribution in [3.63, 3.8) is 0 Å². The molecule has 0 aromatic rings. The molecule has 1 nitrogen and oxygen atoms in total. The van der Waals surface area contributed by atoms with Crippen molar-refractivity contribution in [1.82, 2.24) is 4.90 Å². The van der Waals surface area contributed by atoms with Crippen LogP contribution in [-0.2, 0) is 0 Å². The molecule has 1 fully saturated rings. The first-order valence-corrected chi connectivity index (χ1v) is 21.6. The van der Waals surface area contributed by atoms with E-state index in [4.69, 9.17) is 0 Å². The molecule has 262 valence electrons. The predicted octanol–water partition coefficient (Wildman–Crippen LogP) is 14.5. The molecule has 1 aliphatic carbocycles. The van der Waals surface area contributed by atoms with Crippen LogP contribution in [0.5, 0.6) is 0 Å². The van der Waals surface area contributed by atoms with Crippen molar-refractivity contribution in [1.29, 1.82) is 0 Å². The lowest BCUT2D eigenvalue weighted by Crippen LogP contribution is -2.48. The Bertz CT molecular complexity index is 584. The summed E-state index contributed by atoms with van der Waals surface area (Å²) >= 11 is 0. The van der Waals surface area contributed by atoms with Crippen LogP contribution in [0.3, 0.4) is 0 Å². The van der Waals surface area contributed by atoms with Crippen molar-refractivity contribution in [2.75, 3.05) is 6.54 Å². The molecule has 1 saturated carbocycles. The summed E-state index contributed by atoms with van der Waals surface area (Å²) in [5, 5.41) is 0. The molecule has 9 atom stereocenters. The molecule has 0 radical (unpaired) electrons. The maximum absolute atomic E-state index is 2.93. The summed E-state index contributed by atoms with van der Waals surface area (Å²) in [6, 6.07) is 1.38. The molecule has 0 N–H and O–H groups in total. The van der Waals surface area contributed by atoms with Gasteiger partial charge in [0, 0.05) is 12.1 Å². The first-order valence-electron chi connectivity index (χ1n) is 20.0. The van der Waals surface area contributed by atoms with Gasteiger partial charge in [-0.25, -0.2) is 0 Å². The average molecular weight is 626 g/mol. The topological polar surface area (TPSA) is 3.24 Å². The summed E-state index contributed by atoms with van der Waals surface area (Å²) in [4.78, 5) is 2.93. The summed E-state index contributed by atoms with van der Waals surface area (Å²) < 4.78 is 0. The number of hydrogen-bond donors (Lipinski definition) is 0. The minimum atomic E-state index is 0.172. The molecule has 0 aliphatic heterocycles. The van der Waals surface area contributed by atoms with Crippen LogP contribution in [0.1, 0.15) is 201 Å². The zero-order valence-electron chi connectivity index (χ0n) is 33.3. The lowest BCUT2D eigenvalue weighted by atomic mass is 9.77. The lowest BCUT2D eigenvalue weighted by Gasteiger charge is -2.43. The molecule has 0 bridgehead atoms. The molecular weight excluding hydrogens is 537 g/mol. The van der Waals surface area contributed by atoms with Crippen LogP contribution in [0.4, 0.5) is 0 Å². The van der Waals surface area contributed by atoms with Crippen molar-refractivity contribution in [2.24, 2.45) is 29.6 Å². The SMILES string of the molecule is CC.CC.CCCC(C)CC(C)P(C(C)CCCC(C)CCN(C(C)CCC)C(C)C(C(C)C)C(C)CC)C1CCCC1. The van der Waals surface area contributed by atoms with E-state index in [2.05, 4.69) is 88.0 Å². The van der Waals surface area contributed by atoms with Crippen LogP contribution in [0, 0.1) is 29.6 Å². The van der Waals surface area contributed by atoms with Gasteiger partial charge in [0.2, 0.25) is 0 Å². The van der Waals surface area contributed by atoms with Crippen LogP contribution >= 0.6 is 7.92 Å². The molecule has 0 amide bonds. The lowest BCUT2D eigenvalue weighted by molar-refractivity contribution is 0.0538. The van der Waals surface area contributed by atoms with Gasteiger partial charge in [-0.15, -0.1) is 0 Å². The van der Waals surface area contributed by atoms with Gasteiger partial charge < -0.3 is 0 Å². The maximum atomic E-state index is 2.93. The van der Waals surface area contributed by atoms with Crippen molar-refractivity contribution in [3.05, 3.63) is 0 Å². The number of rotatable bonds is 22. The fourth-order valence-corrected chi connectivity index (χ4v) is 13.0. The monoisotopic (exact) mass is 626 g/mol. The Kier molecular flexibility index (Phi) is 29.1. The molecule has 9 unspecified atom stereocenters. The highest BCUT2D eigenvalue weighted by molar-refractivity contribution is 7.59. The van der Waals surface area contributed by atoms with Gasteiger partial charge in [0.05, 0.1) is 0 Å². The Morgan fingerprint density at radius 2 is 1.21 bits per heavy atom. The molecular formula is C41H88NP. The van der Waals surface area contributed by atoms with Crippen LogP contribution < -0.4 is 0 Å². The molecule has 0 spiro atoms. The summed E-state index contributed by atoms with van der Waals surface area (Å²) in [6.45, 7) is 39.3. The second kappa shape index (κ2) is 27.5. The Morgan fingerprint density at radius 3 is 1.70 bits per heavy atom. The predicted molar refractivity (Wildman–Crippen MR) is 205 cm³/mol. The fourth-order valence-electron chi connectivity index (χ4n) is 8.69. The molecule has 2 heteroatoms. The molecule has 1 aliphatic rings. The third kappa shape index (κ3) is 17.8. The number of hydrogen-bond acceptors (Lipinski definition) is 1. The summed E-state index contributed by atoms with van der Waals surface area (Å²) in [7, 11) is 0.172. The first kappa shape index (κ1) is 45.5. The first-order chi connectivity index (χ1) is 20.5. The second-order valence-electron chi connectivity index (χ2n) is 14.9.